The average molecular weight is 312 g/mol. The third-order valence-electron chi connectivity index (χ3n) is 2.97. The number of imide groups is 1. The third-order valence-corrected chi connectivity index (χ3v) is 3.44. The molecule has 6 heteroatoms. The molecule has 2 heterocycles. The van der Waals surface area contributed by atoms with Crippen molar-refractivity contribution in [1.82, 2.24) is 15.2 Å². The van der Waals surface area contributed by atoms with E-state index in [9.17, 15) is 9.59 Å². The van der Waals surface area contributed by atoms with Gasteiger partial charge in [-0.15, -0.1) is 0 Å². The summed E-state index contributed by atoms with van der Waals surface area (Å²) >= 11 is 3.32. The lowest BCUT2D eigenvalue weighted by molar-refractivity contribution is -0.148. The number of nitrogens with one attached hydrogen (secondary N) is 1. The van der Waals surface area contributed by atoms with Gasteiger partial charge in [-0.05, 0) is 34.5 Å². The van der Waals surface area contributed by atoms with Crippen molar-refractivity contribution in [3.63, 3.8) is 0 Å². The smallest absolute Gasteiger partial charge is 0.246 e. The van der Waals surface area contributed by atoms with E-state index in [1.165, 1.54) is 11.9 Å². The number of aromatic nitrogens is 1. The van der Waals surface area contributed by atoms with E-state index in [-0.39, 0.29) is 17.9 Å². The van der Waals surface area contributed by atoms with Crippen molar-refractivity contribution in [2.75, 3.05) is 7.05 Å². The summed E-state index contributed by atoms with van der Waals surface area (Å²) in [5.74, 6) is -0.275. The van der Waals surface area contributed by atoms with Crippen LogP contribution in [-0.2, 0) is 16.1 Å². The maximum absolute atomic E-state index is 11.8. The first-order chi connectivity index (χ1) is 8.58. The Bertz CT molecular complexity index is 461. The standard InChI is InChI=1S/C12H14BrN3O2/c1-16-11(17)5-4-10(12(16)18)15-7-9-3-2-8(13)6-14-9/h2-3,6,10,15H,4-5,7H2,1H3. The summed E-state index contributed by atoms with van der Waals surface area (Å²) in [4.78, 5) is 28.6. The Balaban J connectivity index is 1.92. The number of amides is 2. The normalized spacial score (nSPS) is 20.3. The molecule has 1 unspecified atom stereocenters. The zero-order valence-corrected chi connectivity index (χ0v) is 11.6. The summed E-state index contributed by atoms with van der Waals surface area (Å²) in [7, 11) is 1.52. The first kappa shape index (κ1) is 13.2. The van der Waals surface area contributed by atoms with Crippen molar-refractivity contribution in [3.05, 3.63) is 28.5 Å². The second kappa shape index (κ2) is 5.58. The molecule has 1 N–H and O–H groups in total. The lowest BCUT2D eigenvalue weighted by Crippen LogP contribution is -2.51. The molecule has 1 atom stereocenters. The summed E-state index contributed by atoms with van der Waals surface area (Å²) in [6.45, 7) is 0.520. The van der Waals surface area contributed by atoms with Gasteiger partial charge in [0.15, 0.2) is 0 Å². The maximum atomic E-state index is 11.8. The van der Waals surface area contributed by atoms with Crippen molar-refractivity contribution in [2.45, 2.75) is 25.4 Å². The van der Waals surface area contributed by atoms with Crippen LogP contribution < -0.4 is 5.32 Å². The van der Waals surface area contributed by atoms with Gasteiger partial charge in [0.05, 0.1) is 11.7 Å². The summed E-state index contributed by atoms with van der Waals surface area (Å²) in [5, 5.41) is 3.14. The predicted molar refractivity (Wildman–Crippen MR) is 69.6 cm³/mol. The van der Waals surface area contributed by atoms with Gasteiger partial charge >= 0.3 is 0 Å². The summed E-state index contributed by atoms with van der Waals surface area (Å²) < 4.78 is 0.922. The van der Waals surface area contributed by atoms with Crippen molar-refractivity contribution >= 4 is 27.7 Å². The van der Waals surface area contributed by atoms with Gasteiger partial charge in [0.25, 0.3) is 0 Å². The average Bonchev–Trinajstić information content (AvgIpc) is 2.37. The van der Waals surface area contributed by atoms with Gasteiger partial charge in [-0.1, -0.05) is 0 Å². The minimum Gasteiger partial charge on any atom is -0.300 e. The molecular formula is C12H14BrN3O2. The zero-order valence-electron chi connectivity index (χ0n) is 10.0. The second-order valence-electron chi connectivity index (χ2n) is 4.23. The van der Waals surface area contributed by atoms with Crippen LogP contribution in [0.2, 0.25) is 0 Å². The van der Waals surface area contributed by atoms with E-state index >= 15 is 0 Å². The molecule has 96 valence electrons. The number of carbonyl (C=O) groups excluding carboxylic acids is 2. The molecule has 2 rings (SSSR count). The van der Waals surface area contributed by atoms with Crippen LogP contribution in [-0.4, -0.2) is 34.8 Å². The van der Waals surface area contributed by atoms with E-state index in [1.807, 2.05) is 12.1 Å². The molecule has 1 fully saturated rings. The maximum Gasteiger partial charge on any atom is 0.246 e. The van der Waals surface area contributed by atoms with Crippen LogP contribution in [0, 0.1) is 0 Å². The number of rotatable bonds is 3. The number of likely N-dealkylation sites (tertiary alicyclic amines) is 1. The topological polar surface area (TPSA) is 62.3 Å². The van der Waals surface area contributed by atoms with Crippen LogP contribution in [0.5, 0.6) is 0 Å². The van der Waals surface area contributed by atoms with Gasteiger partial charge < -0.3 is 5.32 Å². The van der Waals surface area contributed by atoms with E-state index in [0.717, 1.165) is 10.2 Å². The molecule has 0 spiro atoms. The molecule has 1 aliphatic rings. The summed E-state index contributed by atoms with van der Waals surface area (Å²) in [6, 6.07) is 3.50. The first-order valence-electron chi connectivity index (χ1n) is 5.72. The van der Waals surface area contributed by atoms with Crippen molar-refractivity contribution in [2.24, 2.45) is 0 Å². The fourth-order valence-corrected chi connectivity index (χ4v) is 2.08. The van der Waals surface area contributed by atoms with E-state index in [4.69, 9.17) is 0 Å². The summed E-state index contributed by atoms with van der Waals surface area (Å²) in [6.07, 6.45) is 2.68. The quantitative estimate of drug-likeness (QED) is 0.849. The minimum absolute atomic E-state index is 0.111. The number of pyridine rings is 1. The fourth-order valence-electron chi connectivity index (χ4n) is 1.84. The first-order valence-corrected chi connectivity index (χ1v) is 6.51. The molecule has 1 aromatic rings. The van der Waals surface area contributed by atoms with Gasteiger partial charge in [-0.2, -0.15) is 0 Å². The molecule has 2 amide bonds. The Morgan fingerprint density at radius 3 is 2.94 bits per heavy atom. The Hall–Kier alpha value is -1.27. The zero-order chi connectivity index (χ0) is 13.1. The van der Waals surface area contributed by atoms with Crippen LogP contribution in [0.25, 0.3) is 0 Å². The molecule has 0 aliphatic carbocycles. The lowest BCUT2D eigenvalue weighted by Gasteiger charge is -2.28. The number of nitrogens with zero attached hydrogens (tertiary/aromatic N) is 2. The highest BCUT2D eigenvalue weighted by molar-refractivity contribution is 9.10. The third kappa shape index (κ3) is 2.94. The van der Waals surface area contributed by atoms with Crippen LogP contribution in [0.15, 0.2) is 22.8 Å². The van der Waals surface area contributed by atoms with E-state index in [1.54, 1.807) is 6.20 Å². The van der Waals surface area contributed by atoms with E-state index in [2.05, 4.69) is 26.2 Å². The number of likely N-dealkylation sites (N-methyl/N-ethyl adjacent to an activating group) is 1. The molecule has 18 heavy (non-hydrogen) atoms. The highest BCUT2D eigenvalue weighted by Gasteiger charge is 2.31. The summed E-state index contributed by atoms with van der Waals surface area (Å²) in [5.41, 5.74) is 0.866. The SMILES string of the molecule is CN1C(=O)CCC(NCc2ccc(Br)cn2)C1=O. The van der Waals surface area contributed by atoms with Crippen molar-refractivity contribution in [3.8, 4) is 0 Å². The number of hydrogen-bond acceptors (Lipinski definition) is 4. The Morgan fingerprint density at radius 1 is 1.50 bits per heavy atom. The molecule has 5 nitrogen and oxygen atoms in total. The molecule has 0 radical (unpaired) electrons. The lowest BCUT2D eigenvalue weighted by atomic mass is 10.0. The van der Waals surface area contributed by atoms with Crippen molar-refractivity contribution < 1.29 is 9.59 Å². The second-order valence-corrected chi connectivity index (χ2v) is 5.15. The van der Waals surface area contributed by atoms with E-state index < -0.39 is 0 Å². The van der Waals surface area contributed by atoms with Gasteiger partial charge in [0.1, 0.15) is 0 Å². The van der Waals surface area contributed by atoms with Crippen LogP contribution >= 0.6 is 15.9 Å². The number of hydrogen-bond donors (Lipinski definition) is 1. The molecule has 1 saturated heterocycles. The highest BCUT2D eigenvalue weighted by atomic mass is 79.9. The predicted octanol–water partition coefficient (Wildman–Crippen LogP) is 1.08. The monoisotopic (exact) mass is 311 g/mol. The molecular weight excluding hydrogens is 298 g/mol. The minimum atomic E-state index is -0.293. The number of halogens is 1. The number of piperidine rings is 1. The van der Waals surface area contributed by atoms with Crippen LogP contribution in [0.3, 0.4) is 0 Å². The molecule has 1 aromatic heterocycles. The largest absolute Gasteiger partial charge is 0.300 e. The Labute approximate surface area is 114 Å². The van der Waals surface area contributed by atoms with Crippen molar-refractivity contribution in [1.29, 1.82) is 0 Å². The van der Waals surface area contributed by atoms with Gasteiger partial charge in [0.2, 0.25) is 11.8 Å². The number of carbonyl (C=O) groups is 2. The van der Waals surface area contributed by atoms with E-state index in [0.29, 0.717) is 19.4 Å². The molecule has 0 bridgehead atoms. The van der Waals surface area contributed by atoms with Crippen LogP contribution in [0.1, 0.15) is 18.5 Å². The fraction of sp³-hybridized carbons (Fsp3) is 0.417. The molecule has 1 aliphatic heterocycles. The molecule has 0 aromatic carbocycles. The van der Waals surface area contributed by atoms with Gasteiger partial charge in [0, 0.05) is 30.7 Å². The Morgan fingerprint density at radius 2 is 2.28 bits per heavy atom. The molecule has 0 saturated carbocycles. The van der Waals surface area contributed by atoms with Crippen LogP contribution in [0.4, 0.5) is 0 Å². The van der Waals surface area contributed by atoms with Gasteiger partial charge in [-0.3, -0.25) is 19.5 Å². The highest BCUT2D eigenvalue weighted by Crippen LogP contribution is 2.12. The Kier molecular flexibility index (Phi) is 4.08. The van der Waals surface area contributed by atoms with Gasteiger partial charge in [-0.25, -0.2) is 0 Å².